The highest BCUT2D eigenvalue weighted by atomic mass is 16.7. The van der Waals surface area contributed by atoms with E-state index in [1.54, 1.807) is 35.6 Å². The lowest BCUT2D eigenvalue weighted by molar-refractivity contribution is 0.184. The lowest BCUT2D eigenvalue weighted by Gasteiger charge is -2.16. The Morgan fingerprint density at radius 1 is 1.34 bits per heavy atom. The summed E-state index contributed by atoms with van der Waals surface area (Å²) in [5.74, 6) is 6.91. The maximum atomic E-state index is 6.07. The summed E-state index contributed by atoms with van der Waals surface area (Å²) in [4.78, 5) is 17.6. The van der Waals surface area contributed by atoms with E-state index in [1.165, 1.54) is 10.9 Å². The van der Waals surface area contributed by atoms with Crippen LogP contribution in [0.1, 0.15) is 18.1 Å². The first kappa shape index (κ1) is 21.6. The number of nitrogens with two attached hydrogens (primary N) is 3. The van der Waals surface area contributed by atoms with Gasteiger partial charge in [-0.05, 0) is 49.0 Å². The number of rotatable bonds is 10. The Bertz CT molecular complexity index is 942. The van der Waals surface area contributed by atoms with Gasteiger partial charge in [0.15, 0.2) is 0 Å². The van der Waals surface area contributed by atoms with Crippen LogP contribution in [0.4, 0.5) is 11.5 Å². The average molecular weight is 394 g/mol. The monoisotopic (exact) mass is 394 g/mol. The van der Waals surface area contributed by atoms with Gasteiger partial charge in [-0.3, -0.25) is 10.8 Å². The molecule has 2 aromatic rings. The molecule has 0 saturated carbocycles. The molecule has 0 saturated heterocycles. The summed E-state index contributed by atoms with van der Waals surface area (Å²) in [6.07, 6.45) is 6.48. The number of amidine groups is 1. The van der Waals surface area contributed by atoms with Crippen molar-refractivity contribution in [1.82, 2.24) is 9.74 Å². The van der Waals surface area contributed by atoms with Gasteiger partial charge in [0.25, 0.3) is 5.88 Å². The van der Waals surface area contributed by atoms with Crippen molar-refractivity contribution in [1.29, 1.82) is 0 Å². The molecule has 6 N–H and O–H groups in total. The molecule has 0 unspecified atom stereocenters. The standard InChI is InChI=1S/C20H26N8O/c1-4-16-11-15(8-9-17(16)25-5-2)13-27(23)14-18(21)26-12-20(24-3)29-28-10-6-7-19(28)22/h4-12H,1,3,13-14,22-23H2,2H3,(H2,21,26)/b20-12+,25-5?. The second kappa shape index (κ2) is 10.6. The summed E-state index contributed by atoms with van der Waals surface area (Å²) in [6, 6.07) is 9.28. The summed E-state index contributed by atoms with van der Waals surface area (Å²) in [5.41, 5.74) is 14.5. The zero-order valence-electron chi connectivity index (χ0n) is 16.4. The molecule has 0 amide bonds. The Labute approximate surface area is 170 Å². The van der Waals surface area contributed by atoms with Gasteiger partial charge in [0.2, 0.25) is 0 Å². The second-order valence-electron chi connectivity index (χ2n) is 5.99. The summed E-state index contributed by atoms with van der Waals surface area (Å²) >= 11 is 0. The third-order valence-corrected chi connectivity index (χ3v) is 3.76. The molecule has 0 aliphatic heterocycles. The predicted octanol–water partition coefficient (Wildman–Crippen LogP) is 2.10. The summed E-state index contributed by atoms with van der Waals surface area (Å²) in [6.45, 7) is 9.84. The van der Waals surface area contributed by atoms with Crippen molar-refractivity contribution in [2.24, 2.45) is 26.6 Å². The molecule has 0 bridgehead atoms. The molecule has 152 valence electrons. The van der Waals surface area contributed by atoms with E-state index in [0.717, 1.165) is 16.8 Å². The fourth-order valence-electron chi connectivity index (χ4n) is 2.46. The number of aromatic nitrogens is 1. The van der Waals surface area contributed by atoms with Gasteiger partial charge in [-0.2, -0.15) is 4.73 Å². The molecule has 29 heavy (non-hydrogen) atoms. The van der Waals surface area contributed by atoms with E-state index >= 15 is 0 Å². The average Bonchev–Trinajstić information content (AvgIpc) is 3.10. The van der Waals surface area contributed by atoms with Crippen molar-refractivity contribution < 1.29 is 4.84 Å². The minimum atomic E-state index is 0.141. The molecule has 0 aliphatic rings. The predicted molar refractivity (Wildman–Crippen MR) is 120 cm³/mol. The number of hydrogen-bond donors (Lipinski definition) is 3. The molecule has 1 aromatic carbocycles. The molecule has 0 fully saturated rings. The molecule has 0 aliphatic carbocycles. The Morgan fingerprint density at radius 2 is 2.14 bits per heavy atom. The van der Waals surface area contributed by atoms with E-state index in [4.69, 9.17) is 22.1 Å². The number of aliphatic imine (C=N–C) groups is 3. The van der Waals surface area contributed by atoms with Gasteiger partial charge in [-0.25, -0.2) is 15.0 Å². The SMILES string of the molecule is C=Cc1cc(CN(N)CC(N)=N/C=C(\N=C)On2cccc2N)ccc1N=CC. The van der Waals surface area contributed by atoms with Crippen molar-refractivity contribution in [3.8, 4) is 0 Å². The van der Waals surface area contributed by atoms with Crippen molar-refractivity contribution in [3.05, 3.63) is 66.3 Å². The quantitative estimate of drug-likeness (QED) is 0.187. The minimum absolute atomic E-state index is 0.141. The van der Waals surface area contributed by atoms with E-state index < -0.39 is 0 Å². The highest BCUT2D eigenvalue weighted by Gasteiger charge is 2.06. The van der Waals surface area contributed by atoms with Crippen LogP contribution in [0.3, 0.4) is 0 Å². The Morgan fingerprint density at radius 3 is 2.76 bits per heavy atom. The smallest absolute Gasteiger partial charge is 0.264 e. The third kappa shape index (κ3) is 6.45. The maximum absolute atomic E-state index is 6.07. The minimum Gasteiger partial charge on any atom is -0.386 e. The highest BCUT2D eigenvalue weighted by molar-refractivity contribution is 5.82. The number of hydrazine groups is 1. The van der Waals surface area contributed by atoms with Crippen LogP contribution < -0.4 is 22.1 Å². The lowest BCUT2D eigenvalue weighted by Crippen LogP contribution is -2.38. The molecule has 1 heterocycles. The number of hydrogen-bond acceptors (Lipinski definition) is 7. The van der Waals surface area contributed by atoms with E-state index in [-0.39, 0.29) is 18.3 Å². The van der Waals surface area contributed by atoms with Gasteiger partial charge in [0, 0.05) is 19.0 Å². The first-order valence-corrected chi connectivity index (χ1v) is 8.80. The van der Waals surface area contributed by atoms with Gasteiger partial charge in [0.1, 0.15) is 11.7 Å². The van der Waals surface area contributed by atoms with Crippen molar-refractivity contribution in [3.63, 3.8) is 0 Å². The van der Waals surface area contributed by atoms with Crippen LogP contribution in [0.2, 0.25) is 0 Å². The van der Waals surface area contributed by atoms with Gasteiger partial charge >= 0.3 is 0 Å². The fourth-order valence-corrected chi connectivity index (χ4v) is 2.46. The van der Waals surface area contributed by atoms with E-state index in [9.17, 15) is 0 Å². The summed E-state index contributed by atoms with van der Waals surface area (Å²) in [7, 11) is 0. The lowest BCUT2D eigenvalue weighted by atomic mass is 10.1. The van der Waals surface area contributed by atoms with Crippen LogP contribution in [0, 0.1) is 0 Å². The van der Waals surface area contributed by atoms with Crippen molar-refractivity contribution in [2.45, 2.75) is 13.5 Å². The first-order chi connectivity index (χ1) is 14.0. The first-order valence-electron chi connectivity index (χ1n) is 8.80. The number of nitrogen functional groups attached to an aromatic ring is 1. The van der Waals surface area contributed by atoms with Crippen LogP contribution in [-0.2, 0) is 6.54 Å². The number of nitrogens with zero attached hydrogens (tertiary/aromatic N) is 5. The normalized spacial score (nSPS) is 12.5. The third-order valence-electron chi connectivity index (χ3n) is 3.76. The molecular weight excluding hydrogens is 368 g/mol. The molecule has 0 atom stereocenters. The molecular formula is C20H26N8O. The number of benzene rings is 1. The molecule has 9 heteroatoms. The maximum Gasteiger partial charge on any atom is 0.264 e. The zero-order valence-corrected chi connectivity index (χ0v) is 16.4. The Hall–Kier alpha value is -3.69. The van der Waals surface area contributed by atoms with Crippen LogP contribution in [0.25, 0.3) is 6.08 Å². The summed E-state index contributed by atoms with van der Waals surface area (Å²) in [5, 5.41) is 1.55. The second-order valence-corrected chi connectivity index (χ2v) is 5.99. The summed E-state index contributed by atoms with van der Waals surface area (Å²) < 4.78 is 1.34. The van der Waals surface area contributed by atoms with Crippen LogP contribution in [0.15, 0.2) is 70.2 Å². The van der Waals surface area contributed by atoms with Crippen LogP contribution in [0.5, 0.6) is 0 Å². The van der Waals surface area contributed by atoms with Crippen LogP contribution in [-0.4, -0.2) is 35.1 Å². The van der Waals surface area contributed by atoms with Crippen molar-refractivity contribution in [2.75, 3.05) is 12.3 Å². The number of anilines is 1. The molecule has 1 aromatic heterocycles. The van der Waals surface area contributed by atoms with Gasteiger partial charge in [-0.15, -0.1) is 0 Å². The molecule has 0 spiro atoms. The van der Waals surface area contributed by atoms with Gasteiger partial charge in [0.05, 0.1) is 18.4 Å². The highest BCUT2D eigenvalue weighted by Crippen LogP contribution is 2.22. The Balaban J connectivity index is 2.00. The molecule has 2 rings (SSSR count). The van der Waals surface area contributed by atoms with Crippen LogP contribution >= 0.6 is 0 Å². The molecule has 0 radical (unpaired) electrons. The Kier molecular flexibility index (Phi) is 7.89. The molecule has 9 nitrogen and oxygen atoms in total. The topological polar surface area (TPSA) is 133 Å². The van der Waals surface area contributed by atoms with E-state index in [0.29, 0.717) is 12.4 Å². The van der Waals surface area contributed by atoms with E-state index in [2.05, 4.69) is 28.3 Å². The van der Waals surface area contributed by atoms with Gasteiger partial charge in [-0.1, -0.05) is 18.7 Å². The van der Waals surface area contributed by atoms with Gasteiger partial charge < -0.3 is 16.3 Å². The largest absolute Gasteiger partial charge is 0.386 e. The zero-order chi connectivity index (χ0) is 21.2. The van der Waals surface area contributed by atoms with Crippen molar-refractivity contribution >= 4 is 36.3 Å². The van der Waals surface area contributed by atoms with E-state index in [1.807, 2.05) is 25.1 Å². The fraction of sp³-hybridized carbons (Fsp3) is 0.150.